The molecule has 0 unspecified atom stereocenters. The fourth-order valence-corrected chi connectivity index (χ4v) is 5.44. The first kappa shape index (κ1) is 27.8. The van der Waals surface area contributed by atoms with Crippen LogP contribution in [0.5, 0.6) is 11.5 Å². The molecular weight excluding hydrogens is 469 g/mol. The molecule has 0 aliphatic carbocycles. The van der Waals surface area contributed by atoms with Crippen molar-refractivity contribution in [1.82, 2.24) is 5.32 Å². The summed E-state index contributed by atoms with van der Waals surface area (Å²) in [5, 5.41) is 3.23. The van der Waals surface area contributed by atoms with E-state index in [0.717, 1.165) is 34.8 Å². The van der Waals surface area contributed by atoms with Gasteiger partial charge in [-0.1, -0.05) is 12.1 Å². The lowest BCUT2D eigenvalue weighted by Crippen LogP contribution is -2.39. The fraction of sp³-hybridized carbons (Fsp3) is 0.500. The molecule has 6 nitrogen and oxygen atoms in total. The zero-order chi connectivity index (χ0) is 25.4. The van der Waals surface area contributed by atoms with Gasteiger partial charge >= 0.3 is 6.18 Å². The highest BCUT2D eigenvalue weighted by Crippen LogP contribution is 2.33. The van der Waals surface area contributed by atoms with Gasteiger partial charge in [0.15, 0.2) is 11.5 Å². The minimum absolute atomic E-state index is 0.0210. The van der Waals surface area contributed by atoms with Crippen LogP contribution < -0.4 is 19.1 Å². The van der Waals surface area contributed by atoms with Gasteiger partial charge in [-0.25, -0.2) is 8.42 Å². The normalized spacial score (nSPS) is 12.1. The Hall–Kier alpha value is -2.46. The fourth-order valence-electron chi connectivity index (χ4n) is 3.66. The molecule has 0 aliphatic rings. The summed E-state index contributed by atoms with van der Waals surface area (Å²) in [4.78, 5) is 0. The van der Waals surface area contributed by atoms with Crippen LogP contribution in [0, 0.1) is 0 Å². The van der Waals surface area contributed by atoms with Crippen LogP contribution in [-0.2, 0) is 22.6 Å². The number of hydrogen-bond acceptors (Lipinski definition) is 5. The third kappa shape index (κ3) is 7.80. The maximum atomic E-state index is 13.1. The number of nitrogens with one attached hydrogen (secondary N) is 1. The first-order valence-electron chi connectivity index (χ1n) is 11.1. The second kappa shape index (κ2) is 12.3. The molecule has 2 rings (SSSR count). The number of benzene rings is 2. The predicted molar refractivity (Wildman–Crippen MR) is 128 cm³/mol. The van der Waals surface area contributed by atoms with Crippen LogP contribution in [0.25, 0.3) is 0 Å². The van der Waals surface area contributed by atoms with Crippen molar-refractivity contribution in [2.45, 2.75) is 45.3 Å². The molecule has 2 aromatic rings. The van der Waals surface area contributed by atoms with Crippen LogP contribution in [0.1, 0.15) is 37.8 Å². The van der Waals surface area contributed by atoms with Crippen molar-refractivity contribution in [3.63, 3.8) is 0 Å². The maximum Gasteiger partial charge on any atom is 0.416 e. The topological polar surface area (TPSA) is 67.9 Å². The lowest BCUT2D eigenvalue weighted by atomic mass is 10.1. The van der Waals surface area contributed by atoms with Gasteiger partial charge in [0.25, 0.3) is 0 Å². The van der Waals surface area contributed by atoms with E-state index in [4.69, 9.17) is 9.47 Å². The summed E-state index contributed by atoms with van der Waals surface area (Å²) < 4.78 is 76.6. The van der Waals surface area contributed by atoms with Crippen LogP contribution in [0.2, 0.25) is 0 Å². The summed E-state index contributed by atoms with van der Waals surface area (Å²) in [6.45, 7) is 4.48. The number of methoxy groups -OCH3 is 2. The summed E-state index contributed by atoms with van der Waals surface area (Å²) in [5.74, 6) is 1.18. The molecule has 0 aromatic heterocycles. The Morgan fingerprint density at radius 3 is 2.26 bits per heavy atom. The van der Waals surface area contributed by atoms with Gasteiger partial charge < -0.3 is 14.8 Å². The van der Waals surface area contributed by atoms with Gasteiger partial charge in [0, 0.05) is 6.04 Å². The third-order valence-corrected chi connectivity index (χ3v) is 7.26. The van der Waals surface area contributed by atoms with E-state index in [1.807, 2.05) is 18.2 Å². The number of hydrogen-bond donors (Lipinski definition) is 1. The Bertz CT molecular complexity index is 1030. The summed E-state index contributed by atoms with van der Waals surface area (Å²) >= 11 is 0. The molecule has 0 heterocycles. The number of anilines is 1. The highest BCUT2D eigenvalue weighted by atomic mass is 32.2. The Balaban J connectivity index is 1.85. The monoisotopic (exact) mass is 502 g/mol. The molecule has 0 aliphatic heterocycles. The number of nitrogens with zero attached hydrogens (tertiary/aromatic N) is 1. The Labute approximate surface area is 200 Å². The lowest BCUT2D eigenvalue weighted by molar-refractivity contribution is -0.137. The summed E-state index contributed by atoms with van der Waals surface area (Å²) in [7, 11) is -0.614. The van der Waals surface area contributed by atoms with Crippen LogP contribution in [0.3, 0.4) is 0 Å². The second-order valence-electron chi connectivity index (χ2n) is 8.15. The summed E-state index contributed by atoms with van der Waals surface area (Å²) in [5.41, 5.74) is 0.255. The maximum absolute atomic E-state index is 13.1. The average molecular weight is 503 g/mol. The van der Waals surface area contributed by atoms with Crippen LogP contribution in [0.4, 0.5) is 18.9 Å². The molecule has 2 aromatic carbocycles. The average Bonchev–Trinajstić information content (AvgIpc) is 2.77. The van der Waals surface area contributed by atoms with Gasteiger partial charge in [-0.05, 0) is 82.1 Å². The van der Waals surface area contributed by atoms with Crippen LogP contribution >= 0.6 is 0 Å². The van der Waals surface area contributed by atoms with Gasteiger partial charge in [-0.2, -0.15) is 13.2 Å². The van der Waals surface area contributed by atoms with Crippen molar-refractivity contribution in [3.05, 3.63) is 53.6 Å². The highest BCUT2D eigenvalue weighted by Gasteiger charge is 2.32. The van der Waals surface area contributed by atoms with Gasteiger partial charge in [-0.3, -0.25) is 4.31 Å². The van der Waals surface area contributed by atoms with E-state index < -0.39 is 27.8 Å². The van der Waals surface area contributed by atoms with E-state index in [0.29, 0.717) is 31.0 Å². The predicted octanol–water partition coefficient (Wildman–Crippen LogP) is 4.88. The van der Waals surface area contributed by atoms with E-state index in [1.54, 1.807) is 28.1 Å². The first-order chi connectivity index (χ1) is 16.0. The van der Waals surface area contributed by atoms with E-state index in [1.165, 1.54) is 12.1 Å². The Kier molecular flexibility index (Phi) is 10.1. The van der Waals surface area contributed by atoms with Crippen LogP contribution in [-0.4, -0.2) is 47.5 Å². The van der Waals surface area contributed by atoms with Crippen molar-refractivity contribution in [2.24, 2.45) is 0 Å². The molecule has 1 N–H and O–H groups in total. The van der Waals surface area contributed by atoms with E-state index in [2.05, 4.69) is 5.32 Å². The zero-order valence-corrected chi connectivity index (χ0v) is 20.8. The molecule has 0 amide bonds. The highest BCUT2D eigenvalue weighted by molar-refractivity contribution is 7.92. The van der Waals surface area contributed by atoms with Crippen molar-refractivity contribution in [1.29, 1.82) is 0 Å². The molecule has 0 bridgehead atoms. The van der Waals surface area contributed by atoms with E-state index in [-0.39, 0.29) is 11.4 Å². The third-order valence-electron chi connectivity index (χ3n) is 5.22. The lowest BCUT2D eigenvalue weighted by Gasteiger charge is -2.29. The van der Waals surface area contributed by atoms with Crippen molar-refractivity contribution < 1.29 is 31.1 Å². The van der Waals surface area contributed by atoms with E-state index >= 15 is 0 Å². The van der Waals surface area contributed by atoms with E-state index in [9.17, 15) is 21.6 Å². The number of sulfonamides is 1. The molecule has 34 heavy (non-hydrogen) atoms. The number of aryl methyl sites for hydroxylation is 1. The van der Waals surface area contributed by atoms with Crippen molar-refractivity contribution >= 4 is 15.7 Å². The Morgan fingerprint density at radius 2 is 1.65 bits per heavy atom. The Morgan fingerprint density at radius 1 is 0.971 bits per heavy atom. The largest absolute Gasteiger partial charge is 0.493 e. The first-order valence-corrected chi connectivity index (χ1v) is 12.7. The summed E-state index contributed by atoms with van der Waals surface area (Å²) in [6, 6.07) is 9.68. The van der Waals surface area contributed by atoms with Crippen molar-refractivity contribution in [3.8, 4) is 11.5 Å². The minimum atomic E-state index is -4.54. The molecule has 10 heteroatoms. The van der Waals surface area contributed by atoms with Gasteiger partial charge in [0.1, 0.15) is 0 Å². The smallest absolute Gasteiger partial charge is 0.416 e. The van der Waals surface area contributed by atoms with Gasteiger partial charge in [0.05, 0.1) is 31.2 Å². The quantitative estimate of drug-likeness (QED) is 0.396. The standard InChI is InChI=1S/C24H33F3N2O4S/c1-18(2)29(21-10-5-9-20(17-21)24(25,26)27)34(30,31)15-7-14-28-13-6-8-19-11-12-22(32-3)23(16-19)33-4/h5,9-12,16-18,28H,6-8,13-15H2,1-4H3. The number of rotatable bonds is 13. The van der Waals surface area contributed by atoms with Gasteiger partial charge in [-0.15, -0.1) is 0 Å². The zero-order valence-electron chi connectivity index (χ0n) is 20.0. The molecule has 0 radical (unpaired) electrons. The molecule has 190 valence electrons. The molecule has 0 saturated heterocycles. The summed E-state index contributed by atoms with van der Waals surface area (Å²) in [6.07, 6.45) is -2.52. The molecular formula is C24H33F3N2O4S. The number of ether oxygens (including phenoxy) is 2. The molecule has 0 spiro atoms. The SMILES string of the molecule is COc1ccc(CCCNCCCS(=O)(=O)N(c2cccc(C(F)(F)F)c2)C(C)C)cc1OC. The second-order valence-corrected chi connectivity index (χ2v) is 10.1. The molecule has 0 atom stereocenters. The van der Waals surface area contributed by atoms with Gasteiger partial charge in [0.2, 0.25) is 10.0 Å². The number of alkyl halides is 3. The molecule has 0 fully saturated rings. The van der Waals surface area contributed by atoms with Crippen LogP contribution in [0.15, 0.2) is 42.5 Å². The molecule has 0 saturated carbocycles. The van der Waals surface area contributed by atoms with Crippen molar-refractivity contribution in [2.75, 3.05) is 37.4 Å². The minimum Gasteiger partial charge on any atom is -0.493 e. The number of halogens is 3.